The molecule has 0 N–H and O–H groups in total. The zero-order valence-corrected chi connectivity index (χ0v) is 20.1. The van der Waals surface area contributed by atoms with Crippen LogP contribution in [-0.2, 0) is 0 Å². The molecule has 1 aliphatic rings. The molecule has 1 saturated heterocycles. The van der Waals surface area contributed by atoms with E-state index in [9.17, 15) is 4.79 Å². The summed E-state index contributed by atoms with van der Waals surface area (Å²) in [6, 6.07) is 8.21. The van der Waals surface area contributed by atoms with Gasteiger partial charge < -0.3 is 19.4 Å². The fourth-order valence-corrected chi connectivity index (χ4v) is 5.27. The summed E-state index contributed by atoms with van der Waals surface area (Å²) in [6.45, 7) is 8.49. The highest BCUT2D eigenvalue weighted by Crippen LogP contribution is 2.36. The molecule has 0 atom stereocenters. The highest BCUT2D eigenvalue weighted by atomic mass is 32.1. The van der Waals surface area contributed by atoms with Crippen LogP contribution >= 0.6 is 11.3 Å². The van der Waals surface area contributed by atoms with Crippen LogP contribution in [0.3, 0.4) is 0 Å². The fraction of sp³-hybridized carbons (Fsp3) is 0.458. The molecule has 1 aliphatic heterocycles. The molecule has 1 aromatic carbocycles. The van der Waals surface area contributed by atoms with Gasteiger partial charge >= 0.3 is 0 Å². The molecular formula is C24H31N5O2S. The van der Waals surface area contributed by atoms with Gasteiger partial charge in [0, 0.05) is 45.5 Å². The topological polar surface area (TPSA) is 61.8 Å². The summed E-state index contributed by atoms with van der Waals surface area (Å²) in [5.41, 5.74) is 2.19. The number of methoxy groups -OCH3 is 1. The van der Waals surface area contributed by atoms with E-state index in [0.29, 0.717) is 0 Å². The van der Waals surface area contributed by atoms with E-state index >= 15 is 0 Å². The smallest absolute Gasteiger partial charge is 0.264 e. The van der Waals surface area contributed by atoms with Crippen molar-refractivity contribution in [1.82, 2.24) is 14.9 Å². The van der Waals surface area contributed by atoms with Crippen LogP contribution in [0.15, 0.2) is 30.6 Å². The van der Waals surface area contributed by atoms with E-state index in [1.807, 2.05) is 31.0 Å². The first-order valence-electron chi connectivity index (χ1n) is 11.2. The third-order valence-corrected chi connectivity index (χ3v) is 7.30. The van der Waals surface area contributed by atoms with Gasteiger partial charge in [0.15, 0.2) is 0 Å². The number of carbonyl (C=O) groups excluding carboxylic acids is 1. The fourth-order valence-electron chi connectivity index (χ4n) is 4.14. The lowest BCUT2D eigenvalue weighted by Gasteiger charge is -2.37. The molecule has 0 saturated carbocycles. The number of aryl methyl sites for hydroxylation is 1. The molecule has 0 bridgehead atoms. The van der Waals surface area contributed by atoms with Crippen LogP contribution in [0.4, 0.5) is 11.5 Å². The van der Waals surface area contributed by atoms with E-state index in [-0.39, 0.29) is 5.91 Å². The number of amides is 1. The van der Waals surface area contributed by atoms with Gasteiger partial charge in [-0.1, -0.05) is 13.3 Å². The predicted octanol–water partition coefficient (Wildman–Crippen LogP) is 4.21. The molecule has 0 unspecified atom stereocenters. The molecule has 4 rings (SSSR count). The van der Waals surface area contributed by atoms with Crippen molar-refractivity contribution in [2.75, 3.05) is 56.7 Å². The molecular weight excluding hydrogens is 422 g/mol. The third-order valence-electron chi connectivity index (χ3n) is 6.11. The summed E-state index contributed by atoms with van der Waals surface area (Å²) in [5.74, 6) is 1.89. The van der Waals surface area contributed by atoms with Crippen LogP contribution in [0.2, 0.25) is 0 Å². The first-order valence-corrected chi connectivity index (χ1v) is 12.0. The molecule has 170 valence electrons. The lowest BCUT2D eigenvalue weighted by molar-refractivity contribution is 0.0797. The number of thiophene rings is 1. The molecule has 32 heavy (non-hydrogen) atoms. The van der Waals surface area contributed by atoms with Crippen LogP contribution < -0.4 is 14.5 Å². The number of anilines is 2. The maximum absolute atomic E-state index is 13.0. The van der Waals surface area contributed by atoms with E-state index in [2.05, 4.69) is 38.8 Å². The molecule has 8 heteroatoms. The summed E-state index contributed by atoms with van der Waals surface area (Å²) >= 11 is 1.48. The lowest BCUT2D eigenvalue weighted by atomic mass is 10.1. The van der Waals surface area contributed by atoms with Crippen LogP contribution in [-0.4, -0.2) is 67.7 Å². The van der Waals surface area contributed by atoms with Gasteiger partial charge in [-0.25, -0.2) is 9.97 Å². The van der Waals surface area contributed by atoms with Gasteiger partial charge in [-0.2, -0.15) is 0 Å². The van der Waals surface area contributed by atoms with Crippen molar-refractivity contribution in [3.05, 3.63) is 41.0 Å². The molecule has 1 amide bonds. The second kappa shape index (κ2) is 9.73. The van der Waals surface area contributed by atoms with Gasteiger partial charge in [0.1, 0.15) is 22.7 Å². The van der Waals surface area contributed by atoms with Crippen molar-refractivity contribution in [3.8, 4) is 5.75 Å². The van der Waals surface area contributed by atoms with Crippen molar-refractivity contribution in [1.29, 1.82) is 0 Å². The molecule has 0 spiro atoms. The second-order valence-corrected chi connectivity index (χ2v) is 9.19. The van der Waals surface area contributed by atoms with Crippen molar-refractivity contribution in [3.63, 3.8) is 0 Å². The summed E-state index contributed by atoms with van der Waals surface area (Å²) in [5, 5.41) is 1.02. The van der Waals surface area contributed by atoms with E-state index in [1.54, 1.807) is 13.4 Å². The predicted molar refractivity (Wildman–Crippen MR) is 131 cm³/mol. The number of carbonyl (C=O) groups is 1. The Morgan fingerprint density at radius 2 is 1.81 bits per heavy atom. The number of rotatable bonds is 7. The van der Waals surface area contributed by atoms with Crippen LogP contribution in [0, 0.1) is 6.92 Å². The van der Waals surface area contributed by atoms with Crippen LogP contribution in [0.25, 0.3) is 10.2 Å². The van der Waals surface area contributed by atoms with Crippen LogP contribution in [0.5, 0.6) is 5.75 Å². The SMILES string of the molecule is CCCCN(C)C(=O)c1sc2ncnc(N3CCN(c4ccc(OC)cc4)CC3)c2c1C. The zero-order valence-electron chi connectivity index (χ0n) is 19.3. The van der Waals surface area contributed by atoms with E-state index in [1.165, 1.54) is 17.0 Å². The van der Waals surface area contributed by atoms with Crippen molar-refractivity contribution in [2.45, 2.75) is 26.7 Å². The van der Waals surface area contributed by atoms with Gasteiger partial charge in [-0.05, 0) is 43.2 Å². The molecule has 2 aromatic heterocycles. The standard InChI is InChI=1S/C24H31N5O2S/c1-5-6-11-27(3)24(30)21-17(2)20-22(25-16-26-23(20)32-21)29-14-12-28(13-15-29)18-7-9-19(31-4)10-8-18/h7-10,16H,5-6,11-15H2,1-4H3. The Bertz CT molecular complexity index is 1070. The van der Waals surface area contributed by atoms with Gasteiger partial charge in [0.25, 0.3) is 5.91 Å². The Morgan fingerprint density at radius 1 is 1.12 bits per heavy atom. The summed E-state index contributed by atoms with van der Waals surface area (Å²) in [6.07, 6.45) is 3.70. The third kappa shape index (κ3) is 4.37. The molecule has 0 aliphatic carbocycles. The first kappa shape index (κ1) is 22.3. The quantitative estimate of drug-likeness (QED) is 0.534. The number of benzene rings is 1. The van der Waals surface area contributed by atoms with Crippen LogP contribution in [0.1, 0.15) is 35.0 Å². The molecule has 0 radical (unpaired) electrons. The van der Waals surface area contributed by atoms with E-state index < -0.39 is 0 Å². The highest BCUT2D eigenvalue weighted by Gasteiger charge is 2.25. The molecule has 3 aromatic rings. The number of fused-ring (bicyclic) bond motifs is 1. The Hall–Kier alpha value is -2.87. The maximum Gasteiger partial charge on any atom is 0.264 e. The number of hydrogen-bond acceptors (Lipinski definition) is 7. The number of ether oxygens (including phenoxy) is 1. The molecule has 1 fully saturated rings. The highest BCUT2D eigenvalue weighted by molar-refractivity contribution is 7.20. The normalized spacial score (nSPS) is 14.1. The monoisotopic (exact) mass is 453 g/mol. The second-order valence-electron chi connectivity index (χ2n) is 8.19. The number of piperazine rings is 1. The molecule has 3 heterocycles. The minimum atomic E-state index is 0.0780. The van der Waals surface area contributed by atoms with Gasteiger partial charge in [-0.15, -0.1) is 11.3 Å². The van der Waals surface area contributed by atoms with E-state index in [0.717, 1.165) is 77.8 Å². The molecule has 7 nitrogen and oxygen atoms in total. The number of unbranched alkanes of at least 4 members (excludes halogenated alkanes) is 1. The summed E-state index contributed by atoms with van der Waals surface area (Å²) < 4.78 is 5.27. The first-order chi connectivity index (χ1) is 15.5. The van der Waals surface area contributed by atoms with Gasteiger partial charge in [0.2, 0.25) is 0 Å². The number of hydrogen-bond donors (Lipinski definition) is 0. The Morgan fingerprint density at radius 3 is 2.47 bits per heavy atom. The van der Waals surface area contributed by atoms with E-state index in [4.69, 9.17) is 4.74 Å². The largest absolute Gasteiger partial charge is 0.497 e. The average molecular weight is 454 g/mol. The lowest BCUT2D eigenvalue weighted by Crippen LogP contribution is -2.46. The number of aromatic nitrogens is 2. The zero-order chi connectivity index (χ0) is 22.7. The van der Waals surface area contributed by atoms with Gasteiger partial charge in [0.05, 0.1) is 17.4 Å². The minimum absolute atomic E-state index is 0.0780. The van der Waals surface area contributed by atoms with Crippen molar-refractivity contribution < 1.29 is 9.53 Å². The summed E-state index contributed by atoms with van der Waals surface area (Å²) in [7, 11) is 3.57. The summed E-state index contributed by atoms with van der Waals surface area (Å²) in [4.78, 5) is 30.3. The Kier molecular flexibility index (Phi) is 6.79. The Labute approximate surface area is 193 Å². The maximum atomic E-state index is 13.0. The van der Waals surface area contributed by atoms with Gasteiger partial charge in [-0.3, -0.25) is 4.79 Å². The van der Waals surface area contributed by atoms with Crippen molar-refractivity contribution >= 4 is 39.0 Å². The Balaban J connectivity index is 1.53. The minimum Gasteiger partial charge on any atom is -0.497 e. The van der Waals surface area contributed by atoms with Crippen molar-refractivity contribution in [2.24, 2.45) is 0 Å². The average Bonchev–Trinajstić information content (AvgIpc) is 3.18. The number of nitrogens with zero attached hydrogens (tertiary/aromatic N) is 5.